The van der Waals surface area contributed by atoms with Crippen LogP contribution < -0.4 is 4.74 Å². The molecule has 2 aromatic rings. The Balaban J connectivity index is 2.13. The summed E-state index contributed by atoms with van der Waals surface area (Å²) < 4.78 is 6.47. The van der Waals surface area contributed by atoms with Crippen LogP contribution in [0.1, 0.15) is 30.0 Å². The molecule has 0 radical (unpaired) electrons. The van der Waals surface area contributed by atoms with Crippen molar-refractivity contribution in [3.63, 3.8) is 0 Å². The molecular weight excluding hydrogens is 372 g/mol. The zero-order valence-electron chi connectivity index (χ0n) is 13.4. The summed E-state index contributed by atoms with van der Waals surface area (Å²) >= 11 is 3.51. The zero-order valence-corrected chi connectivity index (χ0v) is 14.9. The Morgan fingerprint density at radius 2 is 2.29 bits per heavy atom. The van der Waals surface area contributed by atoms with E-state index in [2.05, 4.69) is 20.9 Å². The maximum atomic E-state index is 11.7. The Morgan fingerprint density at radius 3 is 2.96 bits per heavy atom. The summed E-state index contributed by atoms with van der Waals surface area (Å²) in [4.78, 5) is 18.0. The SMILES string of the molecule is COc1ccc(Br)cc1C(c1cccnc1)N1CCCC1C(=O)O. The minimum atomic E-state index is -0.782. The highest BCUT2D eigenvalue weighted by Gasteiger charge is 2.38. The molecular formula is C18H19BrN2O3. The van der Waals surface area contributed by atoms with E-state index in [1.54, 1.807) is 19.5 Å². The van der Waals surface area contributed by atoms with Gasteiger partial charge in [-0.25, -0.2) is 0 Å². The number of aromatic nitrogens is 1. The fourth-order valence-corrected chi connectivity index (χ4v) is 3.75. The Labute approximate surface area is 149 Å². The smallest absolute Gasteiger partial charge is 0.320 e. The first-order valence-corrected chi connectivity index (χ1v) is 8.63. The summed E-state index contributed by atoms with van der Waals surface area (Å²) in [5.41, 5.74) is 1.90. The lowest BCUT2D eigenvalue weighted by molar-refractivity contribution is -0.142. The maximum Gasteiger partial charge on any atom is 0.320 e. The summed E-state index contributed by atoms with van der Waals surface area (Å²) in [5, 5.41) is 9.61. The van der Waals surface area contributed by atoms with Crippen molar-refractivity contribution in [2.24, 2.45) is 0 Å². The molecule has 2 atom stereocenters. The molecule has 2 unspecified atom stereocenters. The van der Waals surface area contributed by atoms with Gasteiger partial charge in [0.05, 0.1) is 13.2 Å². The first-order chi connectivity index (χ1) is 11.6. The van der Waals surface area contributed by atoms with Gasteiger partial charge in [-0.3, -0.25) is 14.7 Å². The van der Waals surface area contributed by atoms with Crippen molar-refractivity contribution in [2.75, 3.05) is 13.7 Å². The number of benzene rings is 1. The van der Waals surface area contributed by atoms with Gasteiger partial charge in [0.15, 0.2) is 0 Å². The zero-order chi connectivity index (χ0) is 17.1. The second kappa shape index (κ2) is 7.32. The predicted octanol–water partition coefficient (Wildman–Crippen LogP) is 3.49. The van der Waals surface area contributed by atoms with Crippen molar-refractivity contribution < 1.29 is 14.6 Å². The van der Waals surface area contributed by atoms with E-state index in [9.17, 15) is 9.90 Å². The van der Waals surface area contributed by atoms with Crippen molar-refractivity contribution in [3.8, 4) is 5.75 Å². The van der Waals surface area contributed by atoms with Gasteiger partial charge in [0.1, 0.15) is 11.8 Å². The van der Waals surface area contributed by atoms with E-state index >= 15 is 0 Å². The van der Waals surface area contributed by atoms with Crippen LogP contribution in [0.4, 0.5) is 0 Å². The molecule has 5 nitrogen and oxygen atoms in total. The van der Waals surface area contributed by atoms with E-state index in [0.29, 0.717) is 6.42 Å². The van der Waals surface area contributed by atoms with E-state index < -0.39 is 12.0 Å². The Bertz CT molecular complexity index is 723. The third kappa shape index (κ3) is 3.30. The van der Waals surface area contributed by atoms with Crippen molar-refractivity contribution in [3.05, 3.63) is 58.3 Å². The van der Waals surface area contributed by atoms with E-state index in [-0.39, 0.29) is 6.04 Å². The van der Waals surface area contributed by atoms with Crippen LogP contribution in [0.5, 0.6) is 5.75 Å². The lowest BCUT2D eigenvalue weighted by Crippen LogP contribution is -2.39. The number of likely N-dealkylation sites (tertiary alicyclic amines) is 1. The van der Waals surface area contributed by atoms with Crippen LogP contribution in [-0.4, -0.2) is 40.7 Å². The summed E-state index contributed by atoms with van der Waals surface area (Å²) in [6.07, 6.45) is 5.03. The highest BCUT2D eigenvalue weighted by Crippen LogP contribution is 2.39. The first-order valence-electron chi connectivity index (χ1n) is 7.83. The molecule has 0 saturated carbocycles. The van der Waals surface area contributed by atoms with Crippen LogP contribution in [0.15, 0.2) is 47.2 Å². The normalized spacial score (nSPS) is 19.2. The van der Waals surface area contributed by atoms with Gasteiger partial charge < -0.3 is 9.84 Å². The second-order valence-electron chi connectivity index (χ2n) is 5.81. The third-order valence-electron chi connectivity index (χ3n) is 4.40. The molecule has 1 saturated heterocycles. The molecule has 1 aromatic carbocycles. The van der Waals surface area contributed by atoms with Gasteiger partial charge in [0, 0.05) is 29.0 Å². The van der Waals surface area contributed by atoms with Gasteiger partial charge in [-0.2, -0.15) is 0 Å². The lowest BCUT2D eigenvalue weighted by Gasteiger charge is -2.32. The number of aliphatic carboxylic acids is 1. The quantitative estimate of drug-likeness (QED) is 0.846. The molecule has 1 aliphatic heterocycles. The van der Waals surface area contributed by atoms with Gasteiger partial charge in [-0.1, -0.05) is 22.0 Å². The average molecular weight is 391 g/mol. The van der Waals surface area contributed by atoms with Crippen LogP contribution in [0, 0.1) is 0 Å². The fraction of sp³-hybridized carbons (Fsp3) is 0.333. The monoisotopic (exact) mass is 390 g/mol. The molecule has 1 aliphatic rings. The molecule has 0 amide bonds. The number of hydrogen-bond donors (Lipinski definition) is 1. The highest BCUT2D eigenvalue weighted by molar-refractivity contribution is 9.10. The van der Waals surface area contributed by atoms with Crippen LogP contribution in [-0.2, 0) is 4.79 Å². The Hall–Kier alpha value is -1.92. The van der Waals surface area contributed by atoms with Crippen molar-refractivity contribution in [1.82, 2.24) is 9.88 Å². The van der Waals surface area contributed by atoms with Crippen molar-refractivity contribution in [2.45, 2.75) is 24.9 Å². The second-order valence-corrected chi connectivity index (χ2v) is 6.72. The molecule has 1 N–H and O–H groups in total. The Kier molecular flexibility index (Phi) is 5.16. The first kappa shape index (κ1) is 16.9. The third-order valence-corrected chi connectivity index (χ3v) is 4.89. The van der Waals surface area contributed by atoms with Gasteiger partial charge in [0.2, 0.25) is 0 Å². The summed E-state index contributed by atoms with van der Waals surface area (Å²) in [5.74, 6) is -0.0431. The molecule has 24 heavy (non-hydrogen) atoms. The lowest BCUT2D eigenvalue weighted by atomic mass is 9.96. The number of nitrogens with zero attached hydrogens (tertiary/aromatic N) is 2. The standard InChI is InChI=1S/C18H19BrN2O3/c1-24-16-7-6-13(19)10-14(16)17(12-4-2-8-20-11-12)21-9-3-5-15(21)18(22)23/h2,4,6-8,10-11,15,17H,3,5,9H2,1H3,(H,22,23). The van der Waals surface area contributed by atoms with Crippen molar-refractivity contribution in [1.29, 1.82) is 0 Å². The number of methoxy groups -OCH3 is 1. The van der Waals surface area contributed by atoms with Gasteiger partial charge in [-0.05, 0) is 42.7 Å². The maximum absolute atomic E-state index is 11.7. The highest BCUT2D eigenvalue weighted by atomic mass is 79.9. The number of rotatable bonds is 5. The molecule has 0 aliphatic carbocycles. The predicted molar refractivity (Wildman–Crippen MR) is 94.1 cm³/mol. The minimum absolute atomic E-state index is 0.213. The molecule has 126 valence electrons. The molecule has 1 fully saturated rings. The van der Waals surface area contributed by atoms with Gasteiger partial charge >= 0.3 is 5.97 Å². The summed E-state index contributed by atoms with van der Waals surface area (Å²) in [6, 6.07) is 8.95. The fourth-order valence-electron chi connectivity index (χ4n) is 3.37. The molecule has 2 heterocycles. The van der Waals surface area contributed by atoms with Crippen LogP contribution in [0.25, 0.3) is 0 Å². The van der Waals surface area contributed by atoms with E-state index in [1.165, 1.54) is 0 Å². The Morgan fingerprint density at radius 1 is 1.46 bits per heavy atom. The van der Waals surface area contributed by atoms with Gasteiger partial charge in [-0.15, -0.1) is 0 Å². The number of pyridine rings is 1. The minimum Gasteiger partial charge on any atom is -0.496 e. The van der Waals surface area contributed by atoms with Crippen LogP contribution >= 0.6 is 15.9 Å². The van der Waals surface area contributed by atoms with Gasteiger partial charge in [0.25, 0.3) is 0 Å². The van der Waals surface area contributed by atoms with Crippen molar-refractivity contribution >= 4 is 21.9 Å². The average Bonchev–Trinajstić information content (AvgIpc) is 3.06. The molecule has 0 spiro atoms. The number of carboxylic acids is 1. The summed E-state index contributed by atoms with van der Waals surface area (Å²) in [7, 11) is 1.63. The number of carbonyl (C=O) groups is 1. The van der Waals surface area contributed by atoms with Crippen LogP contribution in [0.3, 0.4) is 0 Å². The van der Waals surface area contributed by atoms with E-state index in [0.717, 1.165) is 34.3 Å². The number of carboxylic acid groups (broad SMARTS) is 1. The number of hydrogen-bond acceptors (Lipinski definition) is 4. The number of ether oxygens (including phenoxy) is 1. The van der Waals surface area contributed by atoms with E-state index in [1.807, 2.05) is 35.2 Å². The molecule has 3 rings (SSSR count). The largest absolute Gasteiger partial charge is 0.496 e. The molecule has 0 bridgehead atoms. The topological polar surface area (TPSA) is 62.7 Å². The van der Waals surface area contributed by atoms with E-state index in [4.69, 9.17) is 4.74 Å². The molecule has 1 aromatic heterocycles. The van der Waals surface area contributed by atoms with Crippen LogP contribution in [0.2, 0.25) is 0 Å². The number of halogens is 1. The molecule has 6 heteroatoms. The summed E-state index contributed by atoms with van der Waals surface area (Å²) in [6.45, 7) is 0.728.